The Labute approximate surface area is 163 Å². The number of hydrogen-bond donors (Lipinski definition) is 2. The summed E-state index contributed by atoms with van der Waals surface area (Å²) >= 11 is 5.84. The van der Waals surface area contributed by atoms with E-state index in [1.807, 2.05) is 0 Å². The van der Waals surface area contributed by atoms with Crippen molar-refractivity contribution in [3.8, 4) is 0 Å². The van der Waals surface area contributed by atoms with Gasteiger partial charge in [0.15, 0.2) is 0 Å². The SMILES string of the molecule is O=C(CCO)N1CCc2cc(S(=O)(=O)NCc3ccc(Cl)cc3)ccc2C1. The van der Waals surface area contributed by atoms with Crippen molar-refractivity contribution in [2.75, 3.05) is 13.2 Å². The molecular weight excluding hydrogens is 388 g/mol. The fraction of sp³-hybridized carbons (Fsp3) is 0.316. The van der Waals surface area contributed by atoms with Crippen LogP contribution in [-0.2, 0) is 34.3 Å². The number of halogens is 1. The normalized spacial score (nSPS) is 14.1. The molecule has 1 heterocycles. The maximum absolute atomic E-state index is 12.6. The van der Waals surface area contributed by atoms with Gasteiger partial charge in [-0.1, -0.05) is 29.8 Å². The predicted molar refractivity (Wildman–Crippen MR) is 103 cm³/mol. The summed E-state index contributed by atoms with van der Waals surface area (Å²) in [6.45, 7) is 0.971. The lowest BCUT2D eigenvalue weighted by Gasteiger charge is -2.29. The van der Waals surface area contributed by atoms with Gasteiger partial charge in [0.2, 0.25) is 15.9 Å². The van der Waals surface area contributed by atoms with Crippen LogP contribution in [0.4, 0.5) is 0 Å². The van der Waals surface area contributed by atoms with Gasteiger partial charge in [-0.25, -0.2) is 13.1 Å². The van der Waals surface area contributed by atoms with Crippen LogP contribution in [0.3, 0.4) is 0 Å². The van der Waals surface area contributed by atoms with E-state index >= 15 is 0 Å². The maximum atomic E-state index is 12.6. The first-order valence-electron chi connectivity index (χ1n) is 8.63. The molecule has 8 heteroatoms. The molecular formula is C19H21ClN2O4S. The lowest BCUT2D eigenvalue weighted by Crippen LogP contribution is -2.36. The number of hydrogen-bond acceptors (Lipinski definition) is 4. The number of fused-ring (bicyclic) bond motifs is 1. The third-order valence-corrected chi connectivity index (χ3v) is 6.21. The van der Waals surface area contributed by atoms with Crippen molar-refractivity contribution in [2.45, 2.75) is 30.8 Å². The van der Waals surface area contributed by atoms with Gasteiger partial charge in [-0.3, -0.25) is 4.79 Å². The molecule has 1 aliphatic heterocycles. The summed E-state index contributed by atoms with van der Waals surface area (Å²) in [4.78, 5) is 13.8. The first kappa shape index (κ1) is 19.8. The summed E-state index contributed by atoms with van der Waals surface area (Å²) in [5, 5.41) is 9.51. The van der Waals surface area contributed by atoms with Crippen LogP contribution in [-0.4, -0.2) is 37.5 Å². The minimum absolute atomic E-state index is 0.0931. The number of amides is 1. The van der Waals surface area contributed by atoms with Gasteiger partial charge in [0.05, 0.1) is 11.5 Å². The van der Waals surface area contributed by atoms with Crippen LogP contribution >= 0.6 is 11.6 Å². The standard InChI is InChI=1S/C19H21ClN2O4S/c20-17-4-1-14(2-5-17)12-21-27(25,26)18-6-3-16-13-22(19(24)8-10-23)9-7-15(16)11-18/h1-6,11,21,23H,7-10,12-13H2. The lowest BCUT2D eigenvalue weighted by molar-refractivity contribution is -0.132. The van der Waals surface area contributed by atoms with Gasteiger partial charge >= 0.3 is 0 Å². The number of carbonyl (C=O) groups is 1. The van der Waals surface area contributed by atoms with E-state index in [0.717, 1.165) is 16.7 Å². The number of aliphatic hydroxyl groups is 1. The van der Waals surface area contributed by atoms with E-state index in [9.17, 15) is 13.2 Å². The van der Waals surface area contributed by atoms with Gasteiger partial charge in [-0.2, -0.15) is 0 Å². The van der Waals surface area contributed by atoms with Crippen molar-refractivity contribution in [3.63, 3.8) is 0 Å². The van der Waals surface area contributed by atoms with Gasteiger partial charge in [0, 0.05) is 31.1 Å². The van der Waals surface area contributed by atoms with E-state index < -0.39 is 10.0 Å². The highest BCUT2D eigenvalue weighted by molar-refractivity contribution is 7.89. The topological polar surface area (TPSA) is 86.7 Å². The molecule has 0 aliphatic carbocycles. The first-order valence-corrected chi connectivity index (χ1v) is 10.5. The lowest BCUT2D eigenvalue weighted by atomic mass is 10.00. The molecule has 0 spiro atoms. The molecule has 3 rings (SSSR count). The second-order valence-electron chi connectivity index (χ2n) is 6.42. The molecule has 2 aromatic carbocycles. The molecule has 0 aromatic heterocycles. The van der Waals surface area contributed by atoms with Crippen LogP contribution in [0.5, 0.6) is 0 Å². The Morgan fingerprint density at radius 1 is 1.15 bits per heavy atom. The van der Waals surface area contributed by atoms with E-state index in [2.05, 4.69) is 4.72 Å². The summed E-state index contributed by atoms with van der Waals surface area (Å²) in [5.74, 6) is -0.0931. The van der Waals surface area contributed by atoms with E-state index in [1.54, 1.807) is 47.4 Å². The molecule has 2 N–H and O–H groups in total. The monoisotopic (exact) mass is 408 g/mol. The highest BCUT2D eigenvalue weighted by Gasteiger charge is 2.22. The number of nitrogens with zero attached hydrogens (tertiary/aromatic N) is 1. The largest absolute Gasteiger partial charge is 0.396 e. The number of nitrogens with one attached hydrogen (secondary N) is 1. The highest BCUT2D eigenvalue weighted by atomic mass is 35.5. The smallest absolute Gasteiger partial charge is 0.240 e. The average Bonchev–Trinajstić information content (AvgIpc) is 2.67. The van der Waals surface area contributed by atoms with E-state index in [1.165, 1.54) is 0 Å². The molecule has 0 unspecified atom stereocenters. The summed E-state index contributed by atoms with van der Waals surface area (Å²) in [6, 6.07) is 12.0. The van der Waals surface area contributed by atoms with E-state index in [-0.39, 0.29) is 30.4 Å². The van der Waals surface area contributed by atoms with Crippen molar-refractivity contribution >= 4 is 27.5 Å². The predicted octanol–water partition coefficient (Wildman–Crippen LogP) is 2.09. The number of rotatable bonds is 6. The Morgan fingerprint density at radius 2 is 1.89 bits per heavy atom. The second kappa shape index (κ2) is 8.39. The number of benzene rings is 2. The minimum atomic E-state index is -3.64. The van der Waals surface area contributed by atoms with Crippen LogP contribution in [0, 0.1) is 0 Å². The molecule has 0 fully saturated rings. The number of sulfonamides is 1. The van der Waals surface area contributed by atoms with Crippen LogP contribution in [0.15, 0.2) is 47.4 Å². The van der Waals surface area contributed by atoms with Crippen molar-refractivity contribution in [1.29, 1.82) is 0 Å². The van der Waals surface area contributed by atoms with Gasteiger partial charge in [0.1, 0.15) is 0 Å². The highest BCUT2D eigenvalue weighted by Crippen LogP contribution is 2.23. The van der Waals surface area contributed by atoms with E-state index in [0.29, 0.717) is 24.5 Å². The van der Waals surface area contributed by atoms with Crippen molar-refractivity contribution in [2.24, 2.45) is 0 Å². The zero-order chi connectivity index (χ0) is 19.4. The Hall–Kier alpha value is -1.93. The summed E-state index contributed by atoms with van der Waals surface area (Å²) in [5.41, 5.74) is 2.68. The molecule has 2 aromatic rings. The molecule has 1 amide bonds. The third-order valence-electron chi connectivity index (χ3n) is 4.56. The minimum Gasteiger partial charge on any atom is -0.396 e. The first-order chi connectivity index (χ1) is 12.9. The van der Waals surface area contributed by atoms with Crippen molar-refractivity contribution in [1.82, 2.24) is 9.62 Å². The van der Waals surface area contributed by atoms with Crippen LogP contribution in [0.25, 0.3) is 0 Å². The van der Waals surface area contributed by atoms with Gasteiger partial charge in [-0.15, -0.1) is 0 Å². The average molecular weight is 409 g/mol. The van der Waals surface area contributed by atoms with E-state index in [4.69, 9.17) is 16.7 Å². The van der Waals surface area contributed by atoms with Crippen molar-refractivity contribution < 1.29 is 18.3 Å². The fourth-order valence-electron chi connectivity index (χ4n) is 3.03. The Bertz CT molecular complexity index is 929. The van der Waals surface area contributed by atoms with Crippen LogP contribution < -0.4 is 4.72 Å². The molecule has 0 saturated heterocycles. The Morgan fingerprint density at radius 3 is 2.59 bits per heavy atom. The molecule has 0 saturated carbocycles. The quantitative estimate of drug-likeness (QED) is 0.766. The molecule has 144 valence electrons. The molecule has 0 atom stereocenters. The molecule has 1 aliphatic rings. The third kappa shape index (κ3) is 4.87. The summed E-state index contributed by atoms with van der Waals surface area (Å²) in [7, 11) is -3.64. The van der Waals surface area contributed by atoms with Crippen LogP contribution in [0.1, 0.15) is 23.1 Å². The summed E-state index contributed by atoms with van der Waals surface area (Å²) in [6.07, 6.45) is 0.698. The van der Waals surface area contributed by atoms with Gasteiger partial charge < -0.3 is 10.0 Å². The second-order valence-corrected chi connectivity index (χ2v) is 8.62. The Balaban J connectivity index is 1.70. The Kier molecular flexibility index (Phi) is 6.16. The maximum Gasteiger partial charge on any atom is 0.240 e. The number of aliphatic hydroxyl groups excluding tert-OH is 1. The molecule has 0 bridgehead atoms. The molecule has 6 nitrogen and oxygen atoms in total. The van der Waals surface area contributed by atoms with Crippen LogP contribution in [0.2, 0.25) is 5.02 Å². The van der Waals surface area contributed by atoms with Gasteiger partial charge in [0.25, 0.3) is 0 Å². The fourth-order valence-corrected chi connectivity index (χ4v) is 4.22. The summed E-state index contributed by atoms with van der Waals surface area (Å²) < 4.78 is 27.8. The zero-order valence-corrected chi connectivity index (χ0v) is 16.3. The van der Waals surface area contributed by atoms with Crippen molar-refractivity contribution in [3.05, 3.63) is 64.2 Å². The number of carbonyl (C=O) groups excluding carboxylic acids is 1. The molecule has 27 heavy (non-hydrogen) atoms. The van der Waals surface area contributed by atoms with Gasteiger partial charge in [-0.05, 0) is 47.4 Å². The zero-order valence-electron chi connectivity index (χ0n) is 14.7. The molecule has 0 radical (unpaired) electrons.